The fourth-order valence-electron chi connectivity index (χ4n) is 3.06. The molecule has 1 aliphatic heterocycles. The first-order chi connectivity index (χ1) is 10.9. The van der Waals surface area contributed by atoms with Gasteiger partial charge < -0.3 is 14.6 Å². The summed E-state index contributed by atoms with van der Waals surface area (Å²) >= 11 is 0. The Labute approximate surface area is 135 Å². The highest BCUT2D eigenvalue weighted by Gasteiger charge is 2.44. The number of amides is 1. The average molecular weight is 315 g/mol. The highest BCUT2D eigenvalue weighted by atomic mass is 16.3. The van der Waals surface area contributed by atoms with Crippen LogP contribution >= 0.6 is 0 Å². The van der Waals surface area contributed by atoms with Gasteiger partial charge in [0, 0.05) is 32.3 Å². The summed E-state index contributed by atoms with van der Waals surface area (Å²) in [5.74, 6) is 1.76. The third-order valence-corrected chi connectivity index (χ3v) is 4.32. The van der Waals surface area contributed by atoms with E-state index in [1.165, 1.54) is 6.26 Å². The molecule has 7 heteroatoms. The van der Waals surface area contributed by atoms with E-state index in [1.807, 2.05) is 27.0 Å². The first-order valence-corrected chi connectivity index (χ1v) is 7.72. The lowest BCUT2D eigenvalue weighted by Gasteiger charge is -2.33. The number of nitrogens with one attached hydrogen (secondary N) is 1. The Bertz CT molecular complexity index is 742. The average Bonchev–Trinajstić information content (AvgIpc) is 3.13. The molecule has 1 N–H and O–H groups in total. The Kier molecular flexibility index (Phi) is 3.79. The zero-order valence-electron chi connectivity index (χ0n) is 13.9. The molecule has 2 aromatic heterocycles. The van der Waals surface area contributed by atoms with Crippen molar-refractivity contribution in [3.05, 3.63) is 35.4 Å². The molecule has 3 heterocycles. The second-order valence-corrected chi connectivity index (χ2v) is 6.05. The SMILES string of the molecule is CNc1cc(C)nc(C2(C)CCCN2C(=O)c2coc(C)n2)n1. The fraction of sp³-hybridized carbons (Fsp3) is 0.500. The Balaban J connectivity index is 1.99. The van der Waals surface area contributed by atoms with Crippen LogP contribution in [0.3, 0.4) is 0 Å². The monoisotopic (exact) mass is 315 g/mol. The minimum atomic E-state index is -0.540. The molecule has 2 aromatic rings. The second kappa shape index (κ2) is 5.64. The molecule has 0 spiro atoms. The molecular formula is C16H21N5O2. The van der Waals surface area contributed by atoms with Gasteiger partial charge >= 0.3 is 0 Å². The lowest BCUT2D eigenvalue weighted by molar-refractivity contribution is 0.0597. The van der Waals surface area contributed by atoms with Gasteiger partial charge in [0.05, 0.1) is 0 Å². The maximum Gasteiger partial charge on any atom is 0.276 e. The van der Waals surface area contributed by atoms with E-state index < -0.39 is 5.54 Å². The van der Waals surface area contributed by atoms with Crippen LogP contribution in [0.4, 0.5) is 5.82 Å². The van der Waals surface area contributed by atoms with Crippen molar-refractivity contribution in [1.82, 2.24) is 19.9 Å². The third-order valence-electron chi connectivity index (χ3n) is 4.32. The van der Waals surface area contributed by atoms with Crippen molar-refractivity contribution in [3.8, 4) is 0 Å². The van der Waals surface area contributed by atoms with Crippen molar-refractivity contribution < 1.29 is 9.21 Å². The lowest BCUT2D eigenvalue weighted by Crippen LogP contribution is -2.44. The number of anilines is 1. The maximum absolute atomic E-state index is 12.8. The number of hydrogen-bond acceptors (Lipinski definition) is 6. The van der Waals surface area contributed by atoms with Crippen LogP contribution in [-0.2, 0) is 5.54 Å². The number of hydrogen-bond donors (Lipinski definition) is 1. The van der Waals surface area contributed by atoms with Gasteiger partial charge in [0.15, 0.2) is 17.4 Å². The molecule has 7 nitrogen and oxygen atoms in total. The van der Waals surface area contributed by atoms with Crippen molar-refractivity contribution in [2.45, 2.75) is 39.2 Å². The van der Waals surface area contributed by atoms with E-state index in [0.29, 0.717) is 24.0 Å². The predicted octanol–water partition coefficient (Wildman–Crippen LogP) is 2.27. The number of carbonyl (C=O) groups is 1. The summed E-state index contributed by atoms with van der Waals surface area (Å²) in [6.07, 6.45) is 3.14. The van der Waals surface area contributed by atoms with Gasteiger partial charge in [-0.2, -0.15) is 0 Å². The largest absolute Gasteiger partial charge is 0.448 e. The summed E-state index contributed by atoms with van der Waals surface area (Å²) < 4.78 is 5.17. The Morgan fingerprint density at radius 1 is 1.35 bits per heavy atom. The van der Waals surface area contributed by atoms with Gasteiger partial charge in [-0.3, -0.25) is 4.79 Å². The van der Waals surface area contributed by atoms with Gasteiger partial charge in [0.2, 0.25) is 0 Å². The third kappa shape index (κ3) is 2.67. The van der Waals surface area contributed by atoms with Crippen LogP contribution in [0.25, 0.3) is 0 Å². The molecule has 1 saturated heterocycles. The van der Waals surface area contributed by atoms with Gasteiger partial charge in [-0.25, -0.2) is 15.0 Å². The van der Waals surface area contributed by atoms with Crippen LogP contribution in [0.5, 0.6) is 0 Å². The fourth-order valence-corrected chi connectivity index (χ4v) is 3.06. The van der Waals surface area contributed by atoms with Gasteiger partial charge in [0.25, 0.3) is 5.91 Å². The number of nitrogens with zero attached hydrogens (tertiary/aromatic N) is 4. The molecule has 1 amide bonds. The standard InChI is InChI=1S/C16H21N5O2/c1-10-8-13(17-4)20-15(18-10)16(3)6-5-7-21(16)14(22)12-9-23-11(2)19-12/h8-9H,5-7H2,1-4H3,(H,17,18,20). The van der Waals surface area contributed by atoms with Crippen LogP contribution in [-0.4, -0.2) is 39.4 Å². The number of aromatic nitrogens is 3. The van der Waals surface area contributed by atoms with Gasteiger partial charge in [-0.05, 0) is 26.7 Å². The minimum Gasteiger partial charge on any atom is -0.448 e. The van der Waals surface area contributed by atoms with Crippen LogP contribution in [0, 0.1) is 13.8 Å². The highest BCUT2D eigenvalue weighted by molar-refractivity contribution is 5.92. The van der Waals surface area contributed by atoms with E-state index in [1.54, 1.807) is 11.8 Å². The van der Waals surface area contributed by atoms with E-state index >= 15 is 0 Å². The zero-order valence-corrected chi connectivity index (χ0v) is 13.9. The van der Waals surface area contributed by atoms with Crippen molar-refractivity contribution >= 4 is 11.7 Å². The van der Waals surface area contributed by atoms with Crippen LogP contribution in [0.1, 0.15) is 47.7 Å². The van der Waals surface area contributed by atoms with E-state index in [4.69, 9.17) is 4.42 Å². The van der Waals surface area contributed by atoms with Crippen LogP contribution < -0.4 is 5.32 Å². The summed E-state index contributed by atoms with van der Waals surface area (Å²) in [6.45, 7) is 6.33. The van der Waals surface area contributed by atoms with E-state index in [-0.39, 0.29) is 5.91 Å². The molecule has 0 aliphatic carbocycles. The number of likely N-dealkylation sites (tertiary alicyclic amines) is 1. The zero-order chi connectivity index (χ0) is 16.6. The van der Waals surface area contributed by atoms with E-state index in [0.717, 1.165) is 24.4 Å². The van der Waals surface area contributed by atoms with Crippen molar-refractivity contribution in [2.24, 2.45) is 0 Å². The molecule has 1 unspecified atom stereocenters. The molecular weight excluding hydrogens is 294 g/mol. The Hall–Kier alpha value is -2.44. The maximum atomic E-state index is 12.8. The van der Waals surface area contributed by atoms with Gasteiger partial charge in [-0.15, -0.1) is 0 Å². The van der Waals surface area contributed by atoms with E-state index in [9.17, 15) is 4.79 Å². The number of oxazole rings is 1. The van der Waals surface area contributed by atoms with Crippen molar-refractivity contribution in [1.29, 1.82) is 0 Å². The lowest BCUT2D eigenvalue weighted by atomic mass is 9.97. The number of rotatable bonds is 3. The molecule has 0 saturated carbocycles. The highest BCUT2D eigenvalue weighted by Crippen LogP contribution is 2.38. The molecule has 1 aliphatic rings. The van der Waals surface area contributed by atoms with Gasteiger partial charge in [0.1, 0.15) is 17.6 Å². The second-order valence-electron chi connectivity index (χ2n) is 6.05. The molecule has 3 rings (SSSR count). The topological polar surface area (TPSA) is 84.2 Å². The molecule has 1 fully saturated rings. The molecule has 23 heavy (non-hydrogen) atoms. The van der Waals surface area contributed by atoms with Gasteiger partial charge in [-0.1, -0.05) is 0 Å². The first-order valence-electron chi connectivity index (χ1n) is 7.72. The smallest absolute Gasteiger partial charge is 0.276 e. The summed E-state index contributed by atoms with van der Waals surface area (Å²) in [4.78, 5) is 27.9. The van der Waals surface area contributed by atoms with E-state index in [2.05, 4.69) is 20.3 Å². The van der Waals surface area contributed by atoms with Crippen LogP contribution in [0.2, 0.25) is 0 Å². The summed E-state index contributed by atoms with van der Waals surface area (Å²) in [5, 5.41) is 3.05. The normalized spacial score (nSPS) is 20.8. The Morgan fingerprint density at radius 2 is 2.13 bits per heavy atom. The summed E-state index contributed by atoms with van der Waals surface area (Å²) in [7, 11) is 1.82. The molecule has 0 bridgehead atoms. The molecule has 122 valence electrons. The molecule has 0 aromatic carbocycles. The quantitative estimate of drug-likeness (QED) is 0.935. The van der Waals surface area contributed by atoms with Crippen molar-refractivity contribution in [3.63, 3.8) is 0 Å². The first kappa shape index (κ1) is 15.5. The Morgan fingerprint density at radius 3 is 2.78 bits per heavy atom. The minimum absolute atomic E-state index is 0.141. The molecule has 1 atom stereocenters. The summed E-state index contributed by atoms with van der Waals surface area (Å²) in [6, 6.07) is 1.88. The number of carbonyl (C=O) groups excluding carboxylic acids is 1. The predicted molar refractivity (Wildman–Crippen MR) is 85.2 cm³/mol. The number of aryl methyl sites for hydroxylation is 2. The molecule has 0 radical (unpaired) electrons. The summed E-state index contributed by atoms with van der Waals surface area (Å²) in [5.41, 5.74) is 0.663. The van der Waals surface area contributed by atoms with Crippen LogP contribution in [0.15, 0.2) is 16.7 Å². The van der Waals surface area contributed by atoms with Crippen molar-refractivity contribution in [2.75, 3.05) is 18.9 Å².